The number of hydrogen-bond donors (Lipinski definition) is 2. The molecule has 2 amide bonds. The van der Waals surface area contributed by atoms with Crippen molar-refractivity contribution in [2.24, 2.45) is 0 Å². The van der Waals surface area contributed by atoms with Crippen molar-refractivity contribution in [3.63, 3.8) is 0 Å². The van der Waals surface area contributed by atoms with Crippen LogP contribution in [-0.4, -0.2) is 29.0 Å². The molecule has 1 aromatic carbocycles. The third-order valence-electron chi connectivity index (χ3n) is 3.52. The molecule has 0 spiro atoms. The van der Waals surface area contributed by atoms with Crippen LogP contribution in [0.1, 0.15) is 35.6 Å². The number of nitrogens with zero attached hydrogens (tertiary/aromatic N) is 1. The zero-order valence-corrected chi connectivity index (χ0v) is 14.0. The Kier molecular flexibility index (Phi) is 5.21. The van der Waals surface area contributed by atoms with E-state index in [0.717, 1.165) is 17.1 Å². The molecule has 2 N–H and O–H groups in total. The molecule has 0 atom stereocenters. The van der Waals surface area contributed by atoms with E-state index in [0.29, 0.717) is 5.56 Å². The minimum atomic E-state index is -0.253. The summed E-state index contributed by atoms with van der Waals surface area (Å²) >= 11 is 0. The van der Waals surface area contributed by atoms with Crippen LogP contribution in [0.3, 0.4) is 0 Å². The first-order chi connectivity index (χ1) is 10.9. The van der Waals surface area contributed by atoms with E-state index in [1.165, 1.54) is 0 Å². The van der Waals surface area contributed by atoms with Gasteiger partial charge in [-0.25, -0.2) is 0 Å². The Hall–Kier alpha value is -2.56. The van der Waals surface area contributed by atoms with Gasteiger partial charge in [-0.3, -0.25) is 9.59 Å². The number of aryl methyl sites for hydroxylation is 2. The highest BCUT2D eigenvalue weighted by Crippen LogP contribution is 2.16. The van der Waals surface area contributed by atoms with Gasteiger partial charge in [0, 0.05) is 28.7 Å². The standard InChI is InChI=1S/C18H23N3O2/c1-12(2)20-17(22)11-19-18(23)15-7-9-16(10-8-15)21-13(3)5-6-14(21)4/h5-10,12H,11H2,1-4H3,(H,19,23)(H,20,22). The van der Waals surface area contributed by atoms with Crippen molar-refractivity contribution in [3.05, 3.63) is 53.3 Å². The molecule has 0 radical (unpaired) electrons. The summed E-state index contributed by atoms with van der Waals surface area (Å²) in [6.07, 6.45) is 0. The van der Waals surface area contributed by atoms with E-state index in [9.17, 15) is 9.59 Å². The zero-order valence-electron chi connectivity index (χ0n) is 14.0. The van der Waals surface area contributed by atoms with Crippen molar-refractivity contribution in [1.29, 1.82) is 0 Å². The third-order valence-corrected chi connectivity index (χ3v) is 3.52. The van der Waals surface area contributed by atoms with Gasteiger partial charge in [-0.05, 0) is 64.1 Å². The van der Waals surface area contributed by atoms with E-state index < -0.39 is 0 Å². The van der Waals surface area contributed by atoms with Crippen molar-refractivity contribution in [1.82, 2.24) is 15.2 Å². The first-order valence-electron chi connectivity index (χ1n) is 7.71. The van der Waals surface area contributed by atoms with Gasteiger partial charge in [-0.1, -0.05) is 0 Å². The van der Waals surface area contributed by atoms with Gasteiger partial charge in [0.1, 0.15) is 0 Å². The fraction of sp³-hybridized carbons (Fsp3) is 0.333. The van der Waals surface area contributed by atoms with Crippen LogP contribution >= 0.6 is 0 Å². The summed E-state index contributed by atoms with van der Waals surface area (Å²) in [6.45, 7) is 7.82. The first kappa shape index (κ1) is 16.8. The predicted octanol–water partition coefficient (Wildman–Crippen LogP) is 2.35. The molecule has 0 aliphatic heterocycles. The maximum atomic E-state index is 12.1. The fourth-order valence-corrected chi connectivity index (χ4v) is 2.47. The Balaban J connectivity index is 2.02. The highest BCUT2D eigenvalue weighted by atomic mass is 16.2. The number of amides is 2. The maximum Gasteiger partial charge on any atom is 0.251 e. The average molecular weight is 313 g/mol. The number of carbonyl (C=O) groups excluding carboxylic acids is 2. The lowest BCUT2D eigenvalue weighted by Gasteiger charge is -2.11. The average Bonchev–Trinajstić information content (AvgIpc) is 2.83. The minimum Gasteiger partial charge on any atom is -0.352 e. The van der Waals surface area contributed by atoms with Gasteiger partial charge >= 0.3 is 0 Å². The van der Waals surface area contributed by atoms with Gasteiger partial charge < -0.3 is 15.2 Å². The largest absolute Gasteiger partial charge is 0.352 e. The predicted molar refractivity (Wildman–Crippen MR) is 90.9 cm³/mol. The normalized spacial score (nSPS) is 10.7. The Morgan fingerprint density at radius 2 is 1.57 bits per heavy atom. The summed E-state index contributed by atoms with van der Waals surface area (Å²) < 4.78 is 2.12. The van der Waals surface area contributed by atoms with E-state index in [-0.39, 0.29) is 24.4 Å². The van der Waals surface area contributed by atoms with Gasteiger partial charge in [-0.15, -0.1) is 0 Å². The van der Waals surface area contributed by atoms with E-state index in [1.54, 1.807) is 12.1 Å². The number of carbonyl (C=O) groups is 2. The summed E-state index contributed by atoms with van der Waals surface area (Å²) in [5.41, 5.74) is 3.84. The van der Waals surface area contributed by atoms with Crippen LogP contribution in [-0.2, 0) is 4.79 Å². The van der Waals surface area contributed by atoms with E-state index in [2.05, 4.69) is 27.3 Å². The lowest BCUT2D eigenvalue weighted by Crippen LogP contribution is -2.39. The molecule has 1 aromatic heterocycles. The van der Waals surface area contributed by atoms with Crippen molar-refractivity contribution in [3.8, 4) is 5.69 Å². The first-order valence-corrected chi connectivity index (χ1v) is 7.71. The number of aromatic nitrogens is 1. The van der Waals surface area contributed by atoms with Crippen LogP contribution in [0.4, 0.5) is 0 Å². The SMILES string of the molecule is Cc1ccc(C)n1-c1ccc(C(=O)NCC(=O)NC(C)C)cc1. The molecule has 0 unspecified atom stereocenters. The molecule has 0 saturated carbocycles. The second-order valence-electron chi connectivity index (χ2n) is 5.90. The fourth-order valence-electron chi connectivity index (χ4n) is 2.47. The molecule has 122 valence electrons. The van der Waals surface area contributed by atoms with E-state index >= 15 is 0 Å². The summed E-state index contributed by atoms with van der Waals surface area (Å²) in [4.78, 5) is 23.6. The zero-order chi connectivity index (χ0) is 17.0. The quantitative estimate of drug-likeness (QED) is 0.890. The molecule has 0 bridgehead atoms. The molecule has 1 heterocycles. The van der Waals surface area contributed by atoms with Crippen LogP contribution in [0.5, 0.6) is 0 Å². The number of rotatable bonds is 5. The smallest absolute Gasteiger partial charge is 0.251 e. The van der Waals surface area contributed by atoms with Crippen molar-refractivity contribution < 1.29 is 9.59 Å². The van der Waals surface area contributed by atoms with Gasteiger partial charge in [0.25, 0.3) is 5.91 Å². The molecular formula is C18H23N3O2. The van der Waals surface area contributed by atoms with Crippen LogP contribution in [0.25, 0.3) is 5.69 Å². The van der Waals surface area contributed by atoms with Crippen LogP contribution < -0.4 is 10.6 Å². The second-order valence-corrected chi connectivity index (χ2v) is 5.90. The monoisotopic (exact) mass is 313 g/mol. The highest BCUT2D eigenvalue weighted by Gasteiger charge is 2.10. The molecular weight excluding hydrogens is 290 g/mol. The van der Waals surface area contributed by atoms with Gasteiger partial charge in [-0.2, -0.15) is 0 Å². The summed E-state index contributed by atoms with van der Waals surface area (Å²) in [7, 11) is 0. The molecule has 5 heteroatoms. The van der Waals surface area contributed by atoms with Crippen LogP contribution in [0, 0.1) is 13.8 Å². The molecule has 2 rings (SSSR count). The summed E-state index contributed by atoms with van der Waals surface area (Å²) in [5.74, 6) is -0.444. The van der Waals surface area contributed by atoms with Crippen LogP contribution in [0.15, 0.2) is 36.4 Å². The second kappa shape index (κ2) is 7.13. The van der Waals surface area contributed by atoms with E-state index in [1.807, 2.05) is 39.8 Å². The Morgan fingerprint density at radius 1 is 1.00 bits per heavy atom. The Labute approximate surface area is 136 Å². The van der Waals surface area contributed by atoms with Gasteiger partial charge in [0.05, 0.1) is 6.54 Å². The van der Waals surface area contributed by atoms with Gasteiger partial charge in [0.2, 0.25) is 5.91 Å². The highest BCUT2D eigenvalue weighted by molar-refractivity contribution is 5.96. The summed E-state index contributed by atoms with van der Waals surface area (Å²) in [6, 6.07) is 11.5. The number of hydrogen-bond acceptors (Lipinski definition) is 2. The van der Waals surface area contributed by atoms with Crippen molar-refractivity contribution in [2.75, 3.05) is 6.54 Å². The van der Waals surface area contributed by atoms with Gasteiger partial charge in [0.15, 0.2) is 0 Å². The minimum absolute atomic E-state index is 0.0193. The van der Waals surface area contributed by atoms with Crippen LogP contribution in [0.2, 0.25) is 0 Å². The summed E-state index contributed by atoms with van der Waals surface area (Å²) in [5, 5.41) is 5.36. The molecule has 2 aromatic rings. The molecule has 0 saturated heterocycles. The molecule has 0 fully saturated rings. The van der Waals surface area contributed by atoms with E-state index in [4.69, 9.17) is 0 Å². The maximum absolute atomic E-state index is 12.1. The number of nitrogens with one attached hydrogen (secondary N) is 2. The number of benzene rings is 1. The topological polar surface area (TPSA) is 63.1 Å². The lowest BCUT2D eigenvalue weighted by atomic mass is 10.2. The molecule has 5 nitrogen and oxygen atoms in total. The Bertz CT molecular complexity index is 680. The van der Waals surface area contributed by atoms with Crippen molar-refractivity contribution in [2.45, 2.75) is 33.7 Å². The van der Waals surface area contributed by atoms with Crippen molar-refractivity contribution >= 4 is 11.8 Å². The Morgan fingerprint density at radius 3 is 2.09 bits per heavy atom. The molecule has 0 aliphatic rings. The third kappa shape index (κ3) is 4.22. The molecule has 23 heavy (non-hydrogen) atoms. The molecule has 0 aliphatic carbocycles. The lowest BCUT2D eigenvalue weighted by molar-refractivity contribution is -0.120.